The van der Waals surface area contributed by atoms with Crippen LogP contribution in [-0.2, 0) is 8.37 Å². The van der Waals surface area contributed by atoms with Gasteiger partial charge in [0.25, 0.3) is 0 Å². The fourth-order valence-electron chi connectivity index (χ4n) is 1.94. The number of hydrogen-bond acceptors (Lipinski definition) is 6. The molecule has 0 radical (unpaired) electrons. The molecule has 0 aromatic rings. The Morgan fingerprint density at radius 2 is 1.10 bits per heavy atom. The Morgan fingerprint density at radius 1 is 0.750 bits per heavy atom. The molecule has 1 saturated heterocycles. The summed E-state index contributed by atoms with van der Waals surface area (Å²) < 4.78 is 11.0. The van der Waals surface area contributed by atoms with Gasteiger partial charge >= 0.3 is 0 Å². The first-order valence-corrected chi connectivity index (χ1v) is 9.41. The zero-order valence-electron chi connectivity index (χ0n) is 13.3. The van der Waals surface area contributed by atoms with Crippen LogP contribution in [0.1, 0.15) is 27.7 Å². The van der Waals surface area contributed by atoms with E-state index in [4.69, 9.17) is 8.37 Å². The van der Waals surface area contributed by atoms with Crippen LogP contribution in [0.15, 0.2) is 0 Å². The van der Waals surface area contributed by atoms with Crippen molar-refractivity contribution in [1.29, 1.82) is 0 Å². The van der Waals surface area contributed by atoms with Gasteiger partial charge in [-0.15, -0.1) is 0 Å². The topological polar surface area (TPSA) is 24.9 Å². The van der Waals surface area contributed by atoms with Gasteiger partial charge in [-0.3, -0.25) is 9.80 Å². The highest BCUT2D eigenvalue weighted by atomic mass is 32.2. The van der Waals surface area contributed by atoms with E-state index in [1.807, 2.05) is 0 Å². The maximum atomic E-state index is 5.50. The molecule has 1 aliphatic rings. The minimum absolute atomic E-state index is 0.322. The number of hydrogen-bond donors (Lipinski definition) is 0. The van der Waals surface area contributed by atoms with Crippen molar-refractivity contribution in [3.05, 3.63) is 0 Å². The summed E-state index contributed by atoms with van der Waals surface area (Å²) in [5.41, 5.74) is 0. The summed E-state index contributed by atoms with van der Waals surface area (Å²) in [7, 11) is 0. The summed E-state index contributed by atoms with van der Waals surface area (Å²) in [5.74, 6) is 2.13. The molecule has 0 spiro atoms. The molecule has 4 nitrogen and oxygen atoms in total. The molecule has 1 aliphatic heterocycles. The minimum atomic E-state index is 0.322. The Hall–Kier alpha value is 0.540. The third-order valence-corrected chi connectivity index (χ3v) is 4.71. The Kier molecular flexibility index (Phi) is 10.4. The Morgan fingerprint density at radius 3 is 1.40 bits per heavy atom. The van der Waals surface area contributed by atoms with Crippen molar-refractivity contribution in [1.82, 2.24) is 9.80 Å². The highest BCUT2D eigenvalue weighted by molar-refractivity contribution is 7.94. The highest BCUT2D eigenvalue weighted by Gasteiger charge is 2.16. The van der Waals surface area contributed by atoms with Gasteiger partial charge in [0.05, 0.1) is 12.2 Å². The largest absolute Gasteiger partial charge is 0.313 e. The van der Waals surface area contributed by atoms with Gasteiger partial charge in [0, 0.05) is 50.8 Å². The van der Waals surface area contributed by atoms with Crippen LogP contribution in [0.4, 0.5) is 0 Å². The molecular formula is C14H30N2O2S2. The monoisotopic (exact) mass is 322 g/mol. The van der Waals surface area contributed by atoms with Gasteiger partial charge in [0.2, 0.25) is 0 Å². The molecule has 1 heterocycles. The van der Waals surface area contributed by atoms with Crippen LogP contribution in [0.5, 0.6) is 0 Å². The van der Waals surface area contributed by atoms with Crippen molar-refractivity contribution >= 4 is 24.1 Å². The third-order valence-electron chi connectivity index (χ3n) is 2.97. The van der Waals surface area contributed by atoms with Crippen LogP contribution in [-0.4, -0.2) is 72.8 Å². The van der Waals surface area contributed by atoms with E-state index in [1.165, 1.54) is 26.2 Å². The van der Waals surface area contributed by atoms with Crippen molar-refractivity contribution in [2.45, 2.75) is 39.9 Å². The van der Waals surface area contributed by atoms with E-state index in [9.17, 15) is 0 Å². The second-order valence-corrected chi connectivity index (χ2v) is 7.29. The standard InChI is InChI=1S/C14H30N2O2S2/c1-13(2)17-19-11-9-15-5-7-16(8-6-15)10-12-20-18-14(3)4/h13-14H,5-12H2,1-4H3. The highest BCUT2D eigenvalue weighted by Crippen LogP contribution is 2.10. The van der Waals surface area contributed by atoms with E-state index in [1.54, 1.807) is 24.1 Å². The van der Waals surface area contributed by atoms with Crippen LogP contribution >= 0.6 is 24.1 Å². The molecule has 0 unspecified atom stereocenters. The quantitative estimate of drug-likeness (QED) is 0.453. The van der Waals surface area contributed by atoms with Crippen molar-refractivity contribution in [3.8, 4) is 0 Å². The Bertz CT molecular complexity index is 211. The average molecular weight is 323 g/mol. The van der Waals surface area contributed by atoms with Gasteiger partial charge in [-0.2, -0.15) is 0 Å². The van der Waals surface area contributed by atoms with E-state index < -0.39 is 0 Å². The summed E-state index contributed by atoms with van der Waals surface area (Å²) >= 11 is 3.20. The normalized spacial score (nSPS) is 18.3. The van der Waals surface area contributed by atoms with E-state index in [2.05, 4.69) is 37.5 Å². The lowest BCUT2D eigenvalue weighted by molar-refractivity contribution is 0.143. The smallest absolute Gasteiger partial charge is 0.0666 e. The maximum Gasteiger partial charge on any atom is 0.0666 e. The van der Waals surface area contributed by atoms with Crippen LogP contribution in [0.25, 0.3) is 0 Å². The van der Waals surface area contributed by atoms with E-state index in [-0.39, 0.29) is 0 Å². The zero-order valence-corrected chi connectivity index (χ0v) is 15.0. The predicted octanol–water partition coefficient (Wildman–Crippen LogP) is 2.75. The molecule has 120 valence electrons. The van der Waals surface area contributed by atoms with Crippen LogP contribution in [0.2, 0.25) is 0 Å². The summed E-state index contributed by atoms with van der Waals surface area (Å²) in [6, 6.07) is 0. The molecule has 20 heavy (non-hydrogen) atoms. The summed E-state index contributed by atoms with van der Waals surface area (Å²) in [5, 5.41) is 0. The van der Waals surface area contributed by atoms with Gasteiger partial charge in [-0.05, 0) is 51.8 Å². The molecule has 0 atom stereocenters. The van der Waals surface area contributed by atoms with E-state index in [0.29, 0.717) is 12.2 Å². The molecule has 0 N–H and O–H groups in total. The van der Waals surface area contributed by atoms with Crippen molar-refractivity contribution in [2.24, 2.45) is 0 Å². The first kappa shape index (κ1) is 18.6. The molecule has 1 fully saturated rings. The summed E-state index contributed by atoms with van der Waals surface area (Å²) in [6.07, 6.45) is 0.643. The molecule has 0 aliphatic carbocycles. The molecule has 0 bridgehead atoms. The number of nitrogens with zero attached hydrogens (tertiary/aromatic N) is 2. The second-order valence-electron chi connectivity index (χ2n) is 5.62. The lowest BCUT2D eigenvalue weighted by Gasteiger charge is -2.34. The molecule has 0 amide bonds. The van der Waals surface area contributed by atoms with Crippen LogP contribution < -0.4 is 0 Å². The van der Waals surface area contributed by atoms with E-state index in [0.717, 1.165) is 24.6 Å². The zero-order chi connectivity index (χ0) is 14.8. The predicted molar refractivity (Wildman–Crippen MR) is 90.2 cm³/mol. The minimum Gasteiger partial charge on any atom is -0.313 e. The average Bonchev–Trinajstić information content (AvgIpc) is 2.41. The van der Waals surface area contributed by atoms with Crippen LogP contribution in [0, 0.1) is 0 Å². The molecule has 0 aromatic heterocycles. The lowest BCUT2D eigenvalue weighted by Crippen LogP contribution is -2.47. The molecule has 0 aromatic carbocycles. The second kappa shape index (κ2) is 11.2. The Labute approximate surface area is 133 Å². The first-order chi connectivity index (χ1) is 9.58. The number of rotatable bonds is 10. The maximum absolute atomic E-state index is 5.50. The SMILES string of the molecule is CC(C)OSCCN1CCN(CCSOC(C)C)CC1. The third kappa shape index (κ3) is 9.47. The summed E-state index contributed by atoms with van der Waals surface area (Å²) in [6.45, 7) is 15.3. The first-order valence-electron chi connectivity index (χ1n) is 7.59. The number of piperazine rings is 1. The lowest BCUT2D eigenvalue weighted by atomic mass is 10.3. The molecule has 1 rings (SSSR count). The van der Waals surface area contributed by atoms with Crippen molar-refractivity contribution in [2.75, 3.05) is 50.8 Å². The van der Waals surface area contributed by atoms with Crippen molar-refractivity contribution < 1.29 is 8.37 Å². The molecular weight excluding hydrogens is 292 g/mol. The van der Waals surface area contributed by atoms with Gasteiger partial charge in [-0.25, -0.2) is 0 Å². The fourth-order valence-corrected chi connectivity index (χ4v) is 3.34. The molecule has 0 saturated carbocycles. The molecule has 6 heteroatoms. The summed E-state index contributed by atoms with van der Waals surface area (Å²) in [4.78, 5) is 5.07. The fraction of sp³-hybridized carbons (Fsp3) is 1.00. The van der Waals surface area contributed by atoms with Gasteiger partial charge in [0.1, 0.15) is 0 Å². The van der Waals surface area contributed by atoms with Crippen molar-refractivity contribution in [3.63, 3.8) is 0 Å². The van der Waals surface area contributed by atoms with E-state index >= 15 is 0 Å². The van der Waals surface area contributed by atoms with Gasteiger partial charge in [-0.1, -0.05) is 0 Å². The van der Waals surface area contributed by atoms with Gasteiger partial charge in [0.15, 0.2) is 0 Å². The Balaban J connectivity index is 1.97. The van der Waals surface area contributed by atoms with Gasteiger partial charge < -0.3 is 8.37 Å². The van der Waals surface area contributed by atoms with Crippen LogP contribution in [0.3, 0.4) is 0 Å².